The van der Waals surface area contributed by atoms with E-state index in [0.717, 1.165) is 18.1 Å². The van der Waals surface area contributed by atoms with Crippen molar-refractivity contribution in [3.63, 3.8) is 0 Å². The standard InChI is InChI=1S/C13H23N3O3S/c1-4-19-10(2)13-16-9-11(20-13)12(17)15-6-5-14-7-8-18-3/h9-10,14H,4-8H2,1-3H3,(H,15,17). The third kappa shape index (κ3) is 5.96. The van der Waals surface area contributed by atoms with Crippen LogP contribution in [0.2, 0.25) is 0 Å². The molecule has 1 unspecified atom stereocenters. The zero-order valence-corrected chi connectivity index (χ0v) is 13.1. The largest absolute Gasteiger partial charge is 0.383 e. The lowest BCUT2D eigenvalue weighted by Crippen LogP contribution is -2.32. The quantitative estimate of drug-likeness (QED) is 0.636. The number of thiazole rings is 1. The Morgan fingerprint density at radius 1 is 1.45 bits per heavy atom. The molecule has 1 aromatic rings. The lowest BCUT2D eigenvalue weighted by Gasteiger charge is -2.07. The first kappa shape index (κ1) is 17.0. The Morgan fingerprint density at radius 2 is 2.25 bits per heavy atom. The van der Waals surface area contributed by atoms with Gasteiger partial charge < -0.3 is 20.1 Å². The molecule has 1 heterocycles. The fraction of sp³-hybridized carbons (Fsp3) is 0.692. The molecule has 0 aliphatic heterocycles. The summed E-state index contributed by atoms with van der Waals surface area (Å²) in [7, 11) is 1.66. The number of nitrogens with one attached hydrogen (secondary N) is 2. The van der Waals surface area contributed by atoms with Gasteiger partial charge in [0.15, 0.2) is 0 Å². The summed E-state index contributed by atoms with van der Waals surface area (Å²) in [5.74, 6) is -0.0917. The van der Waals surface area contributed by atoms with Gasteiger partial charge in [-0.3, -0.25) is 4.79 Å². The molecule has 0 radical (unpaired) electrons. The number of amides is 1. The van der Waals surface area contributed by atoms with Gasteiger partial charge in [-0.15, -0.1) is 11.3 Å². The normalized spacial score (nSPS) is 12.3. The molecule has 0 saturated carbocycles. The van der Waals surface area contributed by atoms with Crippen molar-refractivity contribution in [2.45, 2.75) is 20.0 Å². The van der Waals surface area contributed by atoms with Crippen molar-refractivity contribution in [3.8, 4) is 0 Å². The van der Waals surface area contributed by atoms with Gasteiger partial charge in [-0.1, -0.05) is 0 Å². The van der Waals surface area contributed by atoms with E-state index in [9.17, 15) is 4.79 Å². The molecule has 0 aromatic carbocycles. The lowest BCUT2D eigenvalue weighted by molar-refractivity contribution is 0.0762. The van der Waals surface area contributed by atoms with E-state index in [1.165, 1.54) is 11.3 Å². The third-order valence-corrected chi connectivity index (χ3v) is 3.74. The van der Waals surface area contributed by atoms with Crippen molar-refractivity contribution in [1.29, 1.82) is 0 Å². The fourth-order valence-electron chi connectivity index (χ4n) is 1.55. The van der Waals surface area contributed by atoms with Crippen molar-refractivity contribution in [1.82, 2.24) is 15.6 Å². The molecule has 1 amide bonds. The summed E-state index contributed by atoms with van der Waals surface area (Å²) in [6, 6.07) is 0. The maximum Gasteiger partial charge on any atom is 0.263 e. The van der Waals surface area contributed by atoms with Gasteiger partial charge in [0, 0.05) is 33.4 Å². The minimum Gasteiger partial charge on any atom is -0.383 e. The first-order valence-electron chi connectivity index (χ1n) is 6.74. The second kappa shape index (κ2) is 9.82. The Bertz CT molecular complexity index is 398. The maximum absolute atomic E-state index is 11.9. The number of rotatable bonds is 10. The molecule has 20 heavy (non-hydrogen) atoms. The number of hydrogen-bond donors (Lipinski definition) is 2. The number of nitrogens with zero attached hydrogens (tertiary/aromatic N) is 1. The highest BCUT2D eigenvalue weighted by Gasteiger charge is 2.14. The summed E-state index contributed by atoms with van der Waals surface area (Å²) in [6.07, 6.45) is 1.53. The molecule has 0 saturated heterocycles. The predicted octanol–water partition coefficient (Wildman–Crippen LogP) is 1.21. The molecule has 0 spiro atoms. The van der Waals surface area contributed by atoms with Crippen LogP contribution in [0.4, 0.5) is 0 Å². The van der Waals surface area contributed by atoms with E-state index in [1.807, 2.05) is 13.8 Å². The first-order chi connectivity index (χ1) is 9.69. The second-order valence-electron chi connectivity index (χ2n) is 4.16. The number of carbonyl (C=O) groups is 1. The molecule has 0 bridgehead atoms. The number of carbonyl (C=O) groups excluding carboxylic acids is 1. The molecular weight excluding hydrogens is 278 g/mol. The van der Waals surface area contributed by atoms with E-state index in [2.05, 4.69) is 15.6 Å². The summed E-state index contributed by atoms with van der Waals surface area (Å²) >= 11 is 1.37. The molecule has 1 aromatic heterocycles. The highest BCUT2D eigenvalue weighted by atomic mass is 32.1. The second-order valence-corrected chi connectivity index (χ2v) is 5.22. The van der Waals surface area contributed by atoms with Crippen molar-refractivity contribution in [2.75, 3.05) is 40.0 Å². The average Bonchev–Trinajstić information content (AvgIpc) is 2.92. The Hall–Kier alpha value is -1.02. The van der Waals surface area contributed by atoms with E-state index in [4.69, 9.17) is 9.47 Å². The number of ether oxygens (including phenoxy) is 2. The summed E-state index contributed by atoms with van der Waals surface area (Å²) in [5.41, 5.74) is 0. The average molecular weight is 301 g/mol. The number of aromatic nitrogens is 1. The topological polar surface area (TPSA) is 72.5 Å². The molecule has 7 heteroatoms. The van der Waals surface area contributed by atoms with Crippen LogP contribution in [0.1, 0.15) is 34.6 Å². The Labute approximate surface area is 123 Å². The minimum atomic E-state index is -0.0917. The van der Waals surface area contributed by atoms with Gasteiger partial charge in [-0.25, -0.2) is 4.98 Å². The zero-order valence-electron chi connectivity index (χ0n) is 12.3. The highest BCUT2D eigenvalue weighted by Crippen LogP contribution is 2.22. The Morgan fingerprint density at radius 3 is 2.95 bits per heavy atom. The van der Waals surface area contributed by atoms with Gasteiger partial charge in [-0.2, -0.15) is 0 Å². The molecule has 0 aliphatic rings. The van der Waals surface area contributed by atoms with E-state index in [1.54, 1.807) is 13.3 Å². The zero-order chi connectivity index (χ0) is 14.8. The van der Waals surface area contributed by atoms with Crippen molar-refractivity contribution < 1.29 is 14.3 Å². The van der Waals surface area contributed by atoms with Crippen LogP contribution in [-0.2, 0) is 9.47 Å². The van der Waals surface area contributed by atoms with Crippen LogP contribution >= 0.6 is 11.3 Å². The van der Waals surface area contributed by atoms with Crippen molar-refractivity contribution in [3.05, 3.63) is 16.1 Å². The van der Waals surface area contributed by atoms with E-state index in [0.29, 0.717) is 24.6 Å². The van der Waals surface area contributed by atoms with Crippen LogP contribution < -0.4 is 10.6 Å². The summed E-state index contributed by atoms with van der Waals surface area (Å²) in [4.78, 5) is 16.7. The van der Waals surface area contributed by atoms with Gasteiger partial charge in [0.05, 0.1) is 12.8 Å². The first-order valence-corrected chi connectivity index (χ1v) is 7.55. The maximum atomic E-state index is 11.9. The Balaban J connectivity index is 2.29. The predicted molar refractivity (Wildman–Crippen MR) is 79.2 cm³/mol. The summed E-state index contributed by atoms with van der Waals surface area (Å²) in [5, 5.41) is 6.84. The van der Waals surface area contributed by atoms with Crippen LogP contribution in [0, 0.1) is 0 Å². The van der Waals surface area contributed by atoms with E-state index in [-0.39, 0.29) is 12.0 Å². The minimum absolute atomic E-state index is 0.0674. The van der Waals surface area contributed by atoms with E-state index < -0.39 is 0 Å². The Kier molecular flexibility index (Phi) is 8.36. The number of hydrogen-bond acceptors (Lipinski definition) is 6. The van der Waals surface area contributed by atoms with Gasteiger partial charge in [-0.05, 0) is 13.8 Å². The van der Waals surface area contributed by atoms with Crippen LogP contribution in [0.5, 0.6) is 0 Å². The van der Waals surface area contributed by atoms with Crippen LogP contribution in [0.15, 0.2) is 6.20 Å². The molecular formula is C13H23N3O3S. The molecule has 2 N–H and O–H groups in total. The lowest BCUT2D eigenvalue weighted by atomic mass is 10.4. The fourth-order valence-corrected chi connectivity index (χ4v) is 2.39. The van der Waals surface area contributed by atoms with Gasteiger partial charge in [0.2, 0.25) is 0 Å². The van der Waals surface area contributed by atoms with Gasteiger partial charge in [0.1, 0.15) is 16.0 Å². The van der Waals surface area contributed by atoms with Gasteiger partial charge in [0.25, 0.3) is 5.91 Å². The molecule has 0 fully saturated rings. The van der Waals surface area contributed by atoms with Crippen molar-refractivity contribution in [2.24, 2.45) is 0 Å². The molecule has 6 nitrogen and oxygen atoms in total. The van der Waals surface area contributed by atoms with Gasteiger partial charge >= 0.3 is 0 Å². The van der Waals surface area contributed by atoms with E-state index >= 15 is 0 Å². The monoisotopic (exact) mass is 301 g/mol. The molecule has 0 aliphatic carbocycles. The molecule has 1 atom stereocenters. The summed E-state index contributed by atoms with van der Waals surface area (Å²) < 4.78 is 10.4. The number of methoxy groups -OCH3 is 1. The highest BCUT2D eigenvalue weighted by molar-refractivity contribution is 7.13. The smallest absolute Gasteiger partial charge is 0.263 e. The SMILES string of the molecule is CCOC(C)c1ncc(C(=O)NCCNCCOC)s1. The molecule has 1 rings (SSSR count). The van der Waals surface area contributed by atoms with Crippen LogP contribution in [0.25, 0.3) is 0 Å². The van der Waals surface area contributed by atoms with Crippen molar-refractivity contribution >= 4 is 17.2 Å². The van der Waals surface area contributed by atoms with Crippen LogP contribution in [-0.4, -0.2) is 50.8 Å². The van der Waals surface area contributed by atoms with Crippen LogP contribution in [0.3, 0.4) is 0 Å². The summed E-state index contributed by atoms with van der Waals surface area (Å²) in [6.45, 7) is 7.25. The molecule has 114 valence electrons. The third-order valence-electron chi connectivity index (χ3n) is 2.58.